The van der Waals surface area contributed by atoms with Gasteiger partial charge in [0.2, 0.25) is 17.0 Å². The molecule has 3 aromatic carbocycles. The van der Waals surface area contributed by atoms with E-state index in [-0.39, 0.29) is 17.0 Å². The Labute approximate surface area is 190 Å². The van der Waals surface area contributed by atoms with Crippen molar-refractivity contribution in [1.82, 2.24) is 0 Å². The van der Waals surface area contributed by atoms with Crippen LogP contribution < -0.4 is 4.18 Å². The molecule has 0 aromatic heterocycles. The molecule has 1 atom stereocenters. The Morgan fingerprint density at radius 1 is 0.906 bits per heavy atom. The molecule has 0 saturated heterocycles. The quantitative estimate of drug-likeness (QED) is 0.388. The summed E-state index contributed by atoms with van der Waals surface area (Å²) in [5.74, 6) is 0.0972. The normalized spacial score (nSPS) is 15.9. The molecule has 0 bridgehead atoms. The number of carbonyl (C=O) groups is 1. The Hall–Kier alpha value is -3.51. The van der Waals surface area contributed by atoms with Crippen LogP contribution in [0.3, 0.4) is 0 Å². The van der Waals surface area contributed by atoms with Crippen LogP contribution in [0.15, 0.2) is 94.4 Å². The number of benzene rings is 3. The van der Waals surface area contributed by atoms with Crippen LogP contribution in [0.25, 0.3) is 6.08 Å². The van der Waals surface area contributed by atoms with Crippen molar-refractivity contribution in [2.24, 2.45) is 4.99 Å². The minimum atomic E-state index is -1.68. The third kappa shape index (κ3) is 4.86. The fourth-order valence-corrected chi connectivity index (χ4v) is 3.92. The van der Waals surface area contributed by atoms with Crippen LogP contribution in [-0.2, 0) is 26.0 Å². The van der Waals surface area contributed by atoms with E-state index in [1.165, 1.54) is 5.56 Å². The Bertz CT molecular complexity index is 1220. The van der Waals surface area contributed by atoms with Crippen LogP contribution in [0, 0.1) is 0 Å². The van der Waals surface area contributed by atoms with Gasteiger partial charge in [-0.15, -0.1) is 0 Å². The summed E-state index contributed by atoms with van der Waals surface area (Å²) in [4.78, 5) is 17.4. The standard InChI is InChI=1S/C26H23NO4S/c1-26(2,3)20-15-13-18(14-16-20)24-27-22(25(28)30-24)17-19-9-7-8-12-23(19)31-32(29)21-10-5-4-6-11-21/h4-17H,1-3H3/b22-17-. The lowest BCUT2D eigenvalue weighted by Gasteiger charge is -2.18. The van der Waals surface area contributed by atoms with Crippen LogP contribution in [-0.4, -0.2) is 16.1 Å². The second-order valence-corrected chi connectivity index (χ2v) is 9.44. The number of carbonyl (C=O) groups excluding carboxylic acids is 1. The van der Waals surface area contributed by atoms with E-state index in [9.17, 15) is 9.00 Å². The number of ether oxygens (including phenoxy) is 1. The number of hydrogen-bond donors (Lipinski definition) is 0. The predicted octanol–water partition coefficient (Wildman–Crippen LogP) is 5.43. The van der Waals surface area contributed by atoms with Crippen molar-refractivity contribution in [3.63, 3.8) is 0 Å². The predicted molar refractivity (Wildman–Crippen MR) is 126 cm³/mol. The summed E-state index contributed by atoms with van der Waals surface area (Å²) in [7, 11) is 0. The van der Waals surface area contributed by atoms with Crippen LogP contribution in [0.4, 0.5) is 0 Å². The largest absolute Gasteiger partial charge is 0.402 e. The summed E-state index contributed by atoms with van der Waals surface area (Å²) < 4.78 is 23.6. The third-order valence-corrected chi connectivity index (χ3v) is 5.92. The van der Waals surface area contributed by atoms with Gasteiger partial charge in [-0.3, -0.25) is 0 Å². The molecule has 0 saturated carbocycles. The fourth-order valence-electron chi connectivity index (χ4n) is 3.13. The number of esters is 1. The van der Waals surface area contributed by atoms with Crippen LogP contribution in [0.1, 0.15) is 37.5 Å². The molecule has 1 aliphatic rings. The van der Waals surface area contributed by atoms with Crippen LogP contribution in [0.5, 0.6) is 5.75 Å². The van der Waals surface area contributed by atoms with Gasteiger partial charge >= 0.3 is 5.97 Å². The van der Waals surface area contributed by atoms with Gasteiger partial charge in [0.1, 0.15) is 5.75 Å². The van der Waals surface area contributed by atoms with Crippen molar-refractivity contribution < 1.29 is 17.9 Å². The molecule has 4 rings (SSSR count). The molecule has 5 nitrogen and oxygen atoms in total. The average Bonchev–Trinajstić information content (AvgIpc) is 3.15. The molecule has 1 unspecified atom stereocenters. The smallest absolute Gasteiger partial charge is 0.363 e. The summed E-state index contributed by atoms with van der Waals surface area (Å²) in [5, 5.41) is 0. The summed E-state index contributed by atoms with van der Waals surface area (Å²) in [6.07, 6.45) is 1.58. The van der Waals surface area contributed by atoms with Gasteiger partial charge in [-0.05, 0) is 47.4 Å². The molecule has 0 fully saturated rings. The van der Waals surface area contributed by atoms with Crippen LogP contribution in [0.2, 0.25) is 0 Å². The van der Waals surface area contributed by atoms with Crippen molar-refractivity contribution in [2.45, 2.75) is 31.1 Å². The average molecular weight is 446 g/mol. The first kappa shape index (κ1) is 21.7. The fraction of sp³-hybridized carbons (Fsp3) is 0.154. The van der Waals surface area contributed by atoms with E-state index in [0.29, 0.717) is 16.2 Å². The van der Waals surface area contributed by atoms with Crippen molar-refractivity contribution in [2.75, 3.05) is 0 Å². The number of aliphatic imine (C=N–C) groups is 1. The van der Waals surface area contributed by atoms with Gasteiger partial charge in [-0.25, -0.2) is 14.0 Å². The van der Waals surface area contributed by atoms with E-state index in [4.69, 9.17) is 8.92 Å². The lowest BCUT2D eigenvalue weighted by Crippen LogP contribution is -2.11. The molecular formula is C26H23NO4S. The Morgan fingerprint density at radius 3 is 2.25 bits per heavy atom. The highest BCUT2D eigenvalue weighted by atomic mass is 32.2. The first-order valence-corrected chi connectivity index (χ1v) is 11.3. The highest BCUT2D eigenvalue weighted by Crippen LogP contribution is 2.27. The third-order valence-electron chi connectivity index (χ3n) is 4.93. The molecule has 3 aromatic rings. The topological polar surface area (TPSA) is 65.0 Å². The molecule has 1 aliphatic heterocycles. The SMILES string of the molecule is CC(C)(C)c1ccc(C2=N/C(=C\c3ccccc3OS(=O)c3ccccc3)C(=O)O2)cc1. The van der Waals surface area contributed by atoms with E-state index in [0.717, 1.165) is 5.56 Å². The second kappa shape index (κ2) is 8.93. The molecular weight excluding hydrogens is 422 g/mol. The first-order valence-electron chi connectivity index (χ1n) is 10.2. The number of hydrogen-bond acceptors (Lipinski definition) is 5. The maximum atomic E-state index is 12.6. The van der Waals surface area contributed by atoms with Crippen molar-refractivity contribution in [3.05, 3.63) is 101 Å². The Balaban J connectivity index is 1.60. The number of cyclic esters (lactones) is 1. The summed E-state index contributed by atoms with van der Waals surface area (Å²) >= 11 is -1.68. The molecule has 0 N–H and O–H groups in total. The van der Waals surface area contributed by atoms with E-state index in [1.807, 2.05) is 30.3 Å². The van der Waals surface area contributed by atoms with E-state index >= 15 is 0 Å². The van der Waals surface area contributed by atoms with Crippen molar-refractivity contribution in [1.29, 1.82) is 0 Å². The molecule has 1 heterocycles. The zero-order chi connectivity index (χ0) is 22.7. The minimum absolute atomic E-state index is 0.0291. The van der Waals surface area contributed by atoms with Gasteiger partial charge in [-0.1, -0.05) is 69.3 Å². The van der Waals surface area contributed by atoms with E-state index in [1.54, 1.807) is 54.6 Å². The van der Waals surface area contributed by atoms with Gasteiger partial charge in [0, 0.05) is 11.1 Å². The summed E-state index contributed by atoms with van der Waals surface area (Å²) in [6.45, 7) is 6.42. The minimum Gasteiger partial charge on any atom is -0.402 e. The summed E-state index contributed by atoms with van der Waals surface area (Å²) in [6, 6.07) is 23.8. The zero-order valence-electron chi connectivity index (χ0n) is 18.1. The molecule has 32 heavy (non-hydrogen) atoms. The van der Waals surface area contributed by atoms with Gasteiger partial charge in [-0.2, -0.15) is 0 Å². The van der Waals surface area contributed by atoms with Crippen molar-refractivity contribution >= 4 is 29.0 Å². The Morgan fingerprint density at radius 2 is 1.56 bits per heavy atom. The molecule has 0 spiro atoms. The monoisotopic (exact) mass is 445 g/mol. The number of nitrogens with zero attached hydrogens (tertiary/aromatic N) is 1. The maximum Gasteiger partial charge on any atom is 0.363 e. The van der Waals surface area contributed by atoms with Gasteiger partial charge < -0.3 is 8.92 Å². The maximum absolute atomic E-state index is 12.6. The van der Waals surface area contributed by atoms with E-state index in [2.05, 4.69) is 25.8 Å². The molecule has 162 valence electrons. The van der Waals surface area contributed by atoms with Gasteiger partial charge in [0.05, 0.1) is 4.90 Å². The highest BCUT2D eigenvalue weighted by Gasteiger charge is 2.25. The number of rotatable bonds is 5. The van der Waals surface area contributed by atoms with Gasteiger partial charge in [0.25, 0.3) is 0 Å². The van der Waals surface area contributed by atoms with Gasteiger partial charge in [0.15, 0.2) is 5.70 Å². The number of para-hydroxylation sites is 1. The molecule has 6 heteroatoms. The Kier molecular flexibility index (Phi) is 6.06. The second-order valence-electron chi connectivity index (χ2n) is 8.33. The van der Waals surface area contributed by atoms with E-state index < -0.39 is 17.0 Å². The zero-order valence-corrected chi connectivity index (χ0v) is 18.9. The summed E-state index contributed by atoms with van der Waals surface area (Å²) in [5.41, 5.74) is 2.67. The molecule has 0 aliphatic carbocycles. The van der Waals surface area contributed by atoms with Crippen LogP contribution >= 0.6 is 0 Å². The molecule has 0 amide bonds. The molecule has 0 radical (unpaired) electrons. The lowest BCUT2D eigenvalue weighted by molar-refractivity contribution is -0.129. The highest BCUT2D eigenvalue weighted by molar-refractivity contribution is 7.80. The first-order chi connectivity index (χ1) is 15.3. The van der Waals surface area contributed by atoms with Crippen molar-refractivity contribution in [3.8, 4) is 5.75 Å². The lowest BCUT2D eigenvalue weighted by atomic mass is 9.87.